The molecule has 2 N–H and O–H groups in total. The van der Waals surface area contributed by atoms with Crippen molar-refractivity contribution in [1.29, 1.82) is 0 Å². The molecule has 0 unspecified atom stereocenters. The van der Waals surface area contributed by atoms with Crippen molar-refractivity contribution >= 4 is 0 Å². The average molecular weight is 240 g/mol. The van der Waals surface area contributed by atoms with Crippen molar-refractivity contribution < 1.29 is 9.84 Å². The number of ether oxygens (including phenoxy) is 1. The third-order valence-electron chi connectivity index (χ3n) is 3.09. The van der Waals surface area contributed by atoms with Crippen molar-refractivity contribution in [3.63, 3.8) is 0 Å². The van der Waals surface area contributed by atoms with Gasteiger partial charge in [-0.2, -0.15) is 0 Å². The van der Waals surface area contributed by atoms with Gasteiger partial charge in [0.05, 0.1) is 12.1 Å². The number of aliphatic hydroxyl groups excluding tert-OH is 1. The lowest BCUT2D eigenvalue weighted by Crippen LogP contribution is -2.36. The monoisotopic (exact) mass is 240 g/mol. The number of nitrogens with zero attached hydrogens (tertiary/aromatic N) is 1. The Morgan fingerprint density at radius 1 is 1.59 bits per heavy atom. The van der Waals surface area contributed by atoms with Gasteiger partial charge in [0.2, 0.25) is 0 Å². The molecule has 2 atom stereocenters. The zero-order valence-electron chi connectivity index (χ0n) is 9.68. The molecule has 0 radical (unpaired) electrons. The molecule has 0 saturated carbocycles. The number of aryl methyl sites for hydroxylation is 1. The van der Waals surface area contributed by atoms with Gasteiger partial charge in [-0.15, -0.1) is 0 Å². The van der Waals surface area contributed by atoms with E-state index in [1.54, 1.807) is 13.1 Å². The molecule has 6 nitrogen and oxygen atoms in total. The Morgan fingerprint density at radius 2 is 2.35 bits per heavy atom. The highest BCUT2D eigenvalue weighted by molar-refractivity contribution is 5.03. The molecule has 0 amide bonds. The lowest BCUT2D eigenvalue weighted by atomic mass is 10.1. The van der Waals surface area contributed by atoms with Crippen LogP contribution in [0.3, 0.4) is 0 Å². The Morgan fingerprint density at radius 3 is 3.06 bits per heavy atom. The first kappa shape index (κ1) is 12.1. The van der Waals surface area contributed by atoms with E-state index in [2.05, 4.69) is 4.98 Å². The maximum atomic E-state index is 11.7. The Balaban J connectivity index is 2.36. The van der Waals surface area contributed by atoms with Crippen molar-refractivity contribution in [3.05, 3.63) is 32.6 Å². The first-order chi connectivity index (χ1) is 8.13. The zero-order chi connectivity index (χ0) is 12.4. The molecular weight excluding hydrogens is 224 g/mol. The molecule has 1 aliphatic heterocycles. The minimum Gasteiger partial charge on any atom is -0.396 e. The fourth-order valence-corrected chi connectivity index (χ4v) is 2.19. The number of hydrogen-bond donors (Lipinski definition) is 2. The molecule has 2 heterocycles. The fourth-order valence-electron chi connectivity index (χ4n) is 2.19. The van der Waals surface area contributed by atoms with Crippen LogP contribution in [0.1, 0.15) is 24.4 Å². The minimum atomic E-state index is -0.418. The molecule has 17 heavy (non-hydrogen) atoms. The number of rotatable bonds is 3. The van der Waals surface area contributed by atoms with Gasteiger partial charge in [-0.3, -0.25) is 14.3 Å². The SMILES string of the molecule is Cc1cn([C@H]2CCO[C@@H]2CCO)c(=O)[nH]c1=O. The van der Waals surface area contributed by atoms with Crippen LogP contribution in [0.2, 0.25) is 0 Å². The van der Waals surface area contributed by atoms with E-state index in [0.29, 0.717) is 18.6 Å². The van der Waals surface area contributed by atoms with E-state index in [1.807, 2.05) is 0 Å². The molecular formula is C11H16N2O4. The number of nitrogens with one attached hydrogen (secondary N) is 1. The van der Waals surface area contributed by atoms with Crippen LogP contribution >= 0.6 is 0 Å². The lowest BCUT2D eigenvalue weighted by molar-refractivity contribution is 0.0684. The summed E-state index contributed by atoms with van der Waals surface area (Å²) in [6, 6.07) is -0.106. The predicted molar refractivity (Wildman–Crippen MR) is 61.2 cm³/mol. The third kappa shape index (κ3) is 2.32. The van der Waals surface area contributed by atoms with E-state index < -0.39 is 5.69 Å². The van der Waals surface area contributed by atoms with Gasteiger partial charge < -0.3 is 9.84 Å². The summed E-state index contributed by atoms with van der Waals surface area (Å²) in [5, 5.41) is 8.93. The van der Waals surface area contributed by atoms with Crippen molar-refractivity contribution in [2.24, 2.45) is 0 Å². The molecule has 2 rings (SSSR count). The van der Waals surface area contributed by atoms with Crippen LogP contribution in [-0.2, 0) is 4.74 Å². The zero-order valence-corrected chi connectivity index (χ0v) is 9.68. The van der Waals surface area contributed by atoms with Crippen molar-refractivity contribution in [1.82, 2.24) is 9.55 Å². The van der Waals surface area contributed by atoms with Gasteiger partial charge in [-0.1, -0.05) is 0 Å². The molecule has 0 aromatic carbocycles. The van der Waals surface area contributed by atoms with Gasteiger partial charge in [0.1, 0.15) is 0 Å². The Kier molecular flexibility index (Phi) is 3.44. The Hall–Kier alpha value is -1.40. The van der Waals surface area contributed by atoms with Crippen LogP contribution in [0.25, 0.3) is 0 Å². The number of hydrogen-bond acceptors (Lipinski definition) is 4. The topological polar surface area (TPSA) is 84.3 Å². The van der Waals surface area contributed by atoms with Crippen LogP contribution in [-0.4, -0.2) is 34.0 Å². The van der Waals surface area contributed by atoms with Crippen molar-refractivity contribution in [2.75, 3.05) is 13.2 Å². The van der Waals surface area contributed by atoms with Gasteiger partial charge in [-0.25, -0.2) is 4.79 Å². The number of aromatic nitrogens is 2. The van der Waals surface area contributed by atoms with Crippen molar-refractivity contribution in [3.8, 4) is 0 Å². The number of aliphatic hydroxyl groups is 1. The molecule has 0 spiro atoms. The summed E-state index contributed by atoms with van der Waals surface area (Å²) in [6.45, 7) is 2.25. The summed E-state index contributed by atoms with van der Waals surface area (Å²) in [5.41, 5.74) is -0.276. The van der Waals surface area contributed by atoms with E-state index in [-0.39, 0.29) is 24.3 Å². The second-order valence-electron chi connectivity index (χ2n) is 4.26. The maximum absolute atomic E-state index is 11.7. The normalized spacial score (nSPS) is 24.1. The smallest absolute Gasteiger partial charge is 0.328 e. The first-order valence-electron chi connectivity index (χ1n) is 5.68. The molecule has 0 bridgehead atoms. The lowest BCUT2D eigenvalue weighted by Gasteiger charge is -2.19. The van der Waals surface area contributed by atoms with E-state index in [0.717, 1.165) is 6.42 Å². The summed E-state index contributed by atoms with van der Waals surface area (Å²) >= 11 is 0. The summed E-state index contributed by atoms with van der Waals surface area (Å²) in [4.78, 5) is 25.3. The molecule has 0 aliphatic carbocycles. The molecule has 1 aromatic heterocycles. The number of H-pyrrole nitrogens is 1. The number of aromatic amines is 1. The highest BCUT2D eigenvalue weighted by atomic mass is 16.5. The highest BCUT2D eigenvalue weighted by Crippen LogP contribution is 2.26. The summed E-state index contributed by atoms with van der Waals surface area (Å²) < 4.78 is 6.98. The van der Waals surface area contributed by atoms with Crippen LogP contribution < -0.4 is 11.2 Å². The third-order valence-corrected chi connectivity index (χ3v) is 3.09. The van der Waals surface area contributed by atoms with E-state index in [1.165, 1.54) is 4.57 Å². The minimum absolute atomic E-state index is 0.0260. The summed E-state index contributed by atoms with van der Waals surface area (Å²) in [7, 11) is 0. The maximum Gasteiger partial charge on any atom is 0.328 e. The predicted octanol–water partition coefficient (Wildman–Crippen LogP) is -0.443. The van der Waals surface area contributed by atoms with Crippen molar-refractivity contribution in [2.45, 2.75) is 31.9 Å². The molecule has 1 saturated heterocycles. The molecule has 1 aliphatic rings. The highest BCUT2D eigenvalue weighted by Gasteiger charge is 2.30. The van der Waals surface area contributed by atoms with Gasteiger partial charge in [-0.05, 0) is 19.8 Å². The van der Waals surface area contributed by atoms with Gasteiger partial charge >= 0.3 is 5.69 Å². The molecule has 94 valence electrons. The van der Waals surface area contributed by atoms with Gasteiger partial charge in [0.15, 0.2) is 0 Å². The second-order valence-corrected chi connectivity index (χ2v) is 4.26. The van der Waals surface area contributed by atoms with Crippen LogP contribution in [0.15, 0.2) is 15.8 Å². The largest absolute Gasteiger partial charge is 0.396 e. The van der Waals surface area contributed by atoms with E-state index >= 15 is 0 Å². The van der Waals surface area contributed by atoms with E-state index in [4.69, 9.17) is 9.84 Å². The average Bonchev–Trinajstić information content (AvgIpc) is 2.72. The fraction of sp³-hybridized carbons (Fsp3) is 0.636. The molecule has 1 fully saturated rings. The van der Waals surface area contributed by atoms with Crippen LogP contribution in [0.4, 0.5) is 0 Å². The molecule has 1 aromatic rings. The standard InChI is InChI=1S/C11H16N2O4/c1-7-6-13(11(16)12-10(7)15)8-3-5-17-9(8)2-4-14/h6,8-9,14H,2-5H2,1H3,(H,12,15,16)/t8-,9+/m0/s1. The van der Waals surface area contributed by atoms with Gasteiger partial charge in [0, 0.05) is 25.0 Å². The van der Waals surface area contributed by atoms with Crippen LogP contribution in [0, 0.1) is 6.92 Å². The Bertz CT molecular complexity index is 505. The molecule has 6 heteroatoms. The van der Waals surface area contributed by atoms with Gasteiger partial charge in [0.25, 0.3) is 5.56 Å². The summed E-state index contributed by atoms with van der Waals surface area (Å²) in [6.07, 6.45) is 2.61. The second kappa shape index (κ2) is 4.85. The van der Waals surface area contributed by atoms with Crippen LogP contribution in [0.5, 0.6) is 0 Å². The first-order valence-corrected chi connectivity index (χ1v) is 5.68. The quantitative estimate of drug-likeness (QED) is 0.750. The summed E-state index contributed by atoms with van der Waals surface area (Å²) in [5.74, 6) is 0. The Labute approximate surface area is 97.9 Å². The van der Waals surface area contributed by atoms with E-state index in [9.17, 15) is 9.59 Å².